The van der Waals surface area contributed by atoms with Crippen LogP contribution in [0, 0.1) is 0 Å². The summed E-state index contributed by atoms with van der Waals surface area (Å²) in [5.74, 6) is -1.73. The van der Waals surface area contributed by atoms with Crippen LogP contribution in [0.5, 0.6) is 0 Å². The lowest BCUT2D eigenvalue weighted by molar-refractivity contribution is -0.144. The van der Waals surface area contributed by atoms with Crippen LogP contribution in [0.1, 0.15) is 10.4 Å². The molecule has 0 spiro atoms. The van der Waals surface area contributed by atoms with E-state index in [1.165, 1.54) is 14.2 Å². The molecule has 0 radical (unpaired) electrons. The summed E-state index contributed by atoms with van der Waals surface area (Å²) in [6.07, 6.45) is 0. The second-order valence-corrected chi connectivity index (χ2v) is 5.71. The summed E-state index contributed by atoms with van der Waals surface area (Å²) < 4.78 is 10.4. The number of hydrogen-bond donors (Lipinski definition) is 0. The van der Waals surface area contributed by atoms with E-state index in [0.717, 1.165) is 9.37 Å². The van der Waals surface area contributed by atoms with Gasteiger partial charge in [-0.15, -0.1) is 0 Å². The van der Waals surface area contributed by atoms with Gasteiger partial charge in [0, 0.05) is 8.95 Å². The van der Waals surface area contributed by atoms with Crippen molar-refractivity contribution >= 4 is 49.7 Å². The average Bonchev–Trinajstić information content (AvgIpc) is 2.45. The van der Waals surface area contributed by atoms with Crippen LogP contribution in [0.4, 0.5) is 0 Å². The van der Waals surface area contributed by atoms with Gasteiger partial charge in [0.1, 0.15) is 13.1 Å². The van der Waals surface area contributed by atoms with Crippen molar-refractivity contribution in [2.75, 3.05) is 27.3 Å². The van der Waals surface area contributed by atoms with E-state index in [1.54, 1.807) is 18.2 Å². The largest absolute Gasteiger partial charge is 0.468 e. The molecule has 1 aromatic rings. The zero-order valence-electron chi connectivity index (χ0n) is 11.4. The van der Waals surface area contributed by atoms with Crippen molar-refractivity contribution in [3.05, 3.63) is 32.7 Å². The number of carbonyl (C=O) groups excluding carboxylic acids is 3. The van der Waals surface area contributed by atoms with Crippen LogP contribution in [0.2, 0.25) is 0 Å². The van der Waals surface area contributed by atoms with Crippen LogP contribution < -0.4 is 0 Å². The topological polar surface area (TPSA) is 72.9 Å². The minimum Gasteiger partial charge on any atom is -0.468 e. The Morgan fingerprint density at radius 3 is 2.00 bits per heavy atom. The second kappa shape index (κ2) is 8.14. The highest BCUT2D eigenvalue weighted by Gasteiger charge is 2.23. The summed E-state index contributed by atoms with van der Waals surface area (Å²) in [4.78, 5) is 36.3. The van der Waals surface area contributed by atoms with E-state index < -0.39 is 17.8 Å². The van der Waals surface area contributed by atoms with Gasteiger partial charge < -0.3 is 14.4 Å². The number of nitrogens with zero attached hydrogens (tertiary/aromatic N) is 1. The number of ether oxygens (including phenoxy) is 2. The maximum absolute atomic E-state index is 12.4. The van der Waals surface area contributed by atoms with Crippen molar-refractivity contribution in [2.45, 2.75) is 0 Å². The summed E-state index contributed by atoms with van der Waals surface area (Å²) >= 11 is 6.56. The molecule has 0 fully saturated rings. The summed E-state index contributed by atoms with van der Waals surface area (Å²) in [6, 6.07) is 4.96. The van der Waals surface area contributed by atoms with Gasteiger partial charge in [-0.1, -0.05) is 15.9 Å². The van der Waals surface area contributed by atoms with Crippen molar-refractivity contribution in [2.24, 2.45) is 0 Å². The molecule has 0 aromatic heterocycles. The van der Waals surface area contributed by atoms with E-state index in [9.17, 15) is 14.4 Å². The predicted octanol–water partition coefficient (Wildman–Crippen LogP) is 2.00. The molecule has 0 aliphatic rings. The van der Waals surface area contributed by atoms with E-state index in [2.05, 4.69) is 41.3 Å². The number of rotatable bonds is 5. The first-order valence-corrected chi connectivity index (χ1v) is 7.35. The fourth-order valence-corrected chi connectivity index (χ4v) is 2.69. The van der Waals surface area contributed by atoms with Gasteiger partial charge in [0.15, 0.2) is 0 Å². The maximum atomic E-state index is 12.4. The van der Waals surface area contributed by atoms with E-state index >= 15 is 0 Å². The van der Waals surface area contributed by atoms with Gasteiger partial charge in [0.25, 0.3) is 5.91 Å². The van der Waals surface area contributed by atoms with Gasteiger partial charge >= 0.3 is 11.9 Å². The molecule has 0 aliphatic heterocycles. The van der Waals surface area contributed by atoms with Crippen LogP contribution in [0.3, 0.4) is 0 Å². The van der Waals surface area contributed by atoms with Crippen molar-refractivity contribution in [1.29, 1.82) is 0 Å². The standard InChI is InChI=1S/C13H13Br2NO5/c1-20-11(17)6-16(7-12(18)21-2)13(19)9-4-3-8(14)5-10(9)15/h3-5H,6-7H2,1-2H3. The molecule has 0 saturated heterocycles. The van der Waals surface area contributed by atoms with Gasteiger partial charge in [-0.2, -0.15) is 0 Å². The van der Waals surface area contributed by atoms with Gasteiger partial charge in [-0.3, -0.25) is 14.4 Å². The summed E-state index contributed by atoms with van der Waals surface area (Å²) in [6.45, 7) is -0.681. The van der Waals surface area contributed by atoms with Gasteiger partial charge in [-0.05, 0) is 34.1 Å². The molecule has 114 valence electrons. The van der Waals surface area contributed by atoms with Gasteiger partial charge in [-0.25, -0.2) is 0 Å². The quantitative estimate of drug-likeness (QED) is 0.678. The minimum atomic E-state index is -0.625. The van der Waals surface area contributed by atoms with Crippen molar-refractivity contribution < 1.29 is 23.9 Å². The highest BCUT2D eigenvalue weighted by molar-refractivity contribution is 9.11. The first kappa shape index (κ1) is 17.6. The Morgan fingerprint density at radius 2 is 1.57 bits per heavy atom. The SMILES string of the molecule is COC(=O)CN(CC(=O)OC)C(=O)c1ccc(Br)cc1Br. The number of hydrogen-bond acceptors (Lipinski definition) is 5. The highest BCUT2D eigenvalue weighted by Crippen LogP contribution is 2.23. The molecule has 0 aliphatic carbocycles. The van der Waals surface area contributed by atoms with E-state index in [0.29, 0.717) is 10.0 Å². The number of amides is 1. The molecule has 6 nitrogen and oxygen atoms in total. The second-order valence-electron chi connectivity index (χ2n) is 3.94. The van der Waals surface area contributed by atoms with Crippen molar-refractivity contribution in [1.82, 2.24) is 4.90 Å². The molecule has 0 N–H and O–H groups in total. The molecule has 0 heterocycles. The molecule has 0 atom stereocenters. The normalized spacial score (nSPS) is 9.90. The Morgan fingerprint density at radius 1 is 1.05 bits per heavy atom. The summed E-state index contributed by atoms with van der Waals surface area (Å²) in [5.41, 5.74) is 0.325. The third kappa shape index (κ3) is 5.13. The lowest BCUT2D eigenvalue weighted by Gasteiger charge is -2.20. The van der Waals surface area contributed by atoms with E-state index in [-0.39, 0.29) is 13.1 Å². The third-order valence-electron chi connectivity index (χ3n) is 2.54. The fraction of sp³-hybridized carbons (Fsp3) is 0.308. The minimum absolute atomic E-state index is 0.325. The molecule has 1 rings (SSSR count). The Balaban J connectivity index is 3.02. The van der Waals surface area contributed by atoms with E-state index in [4.69, 9.17) is 0 Å². The number of methoxy groups -OCH3 is 2. The summed E-state index contributed by atoms with van der Waals surface area (Å²) in [5, 5.41) is 0. The number of carbonyl (C=O) groups is 3. The Bertz CT molecular complexity index is 543. The Hall–Kier alpha value is -1.41. The number of esters is 2. The molecular formula is C13H13Br2NO5. The van der Waals surface area contributed by atoms with Gasteiger partial charge in [0.2, 0.25) is 0 Å². The fourth-order valence-electron chi connectivity index (χ4n) is 1.47. The molecule has 0 unspecified atom stereocenters. The van der Waals surface area contributed by atoms with Crippen LogP contribution in [-0.4, -0.2) is 50.1 Å². The van der Waals surface area contributed by atoms with Gasteiger partial charge in [0.05, 0.1) is 19.8 Å². The third-order valence-corrected chi connectivity index (χ3v) is 3.69. The molecular weight excluding hydrogens is 410 g/mol. The number of benzene rings is 1. The molecule has 0 saturated carbocycles. The van der Waals surface area contributed by atoms with Crippen LogP contribution in [0.25, 0.3) is 0 Å². The predicted molar refractivity (Wildman–Crippen MR) is 81.8 cm³/mol. The maximum Gasteiger partial charge on any atom is 0.325 e. The Kier molecular flexibility index (Phi) is 6.83. The first-order valence-electron chi connectivity index (χ1n) is 5.77. The van der Waals surface area contributed by atoms with Crippen molar-refractivity contribution in [3.63, 3.8) is 0 Å². The van der Waals surface area contributed by atoms with Crippen molar-refractivity contribution in [3.8, 4) is 0 Å². The molecule has 21 heavy (non-hydrogen) atoms. The molecule has 1 aromatic carbocycles. The average molecular weight is 423 g/mol. The smallest absolute Gasteiger partial charge is 0.325 e. The zero-order valence-corrected chi connectivity index (χ0v) is 14.6. The zero-order chi connectivity index (χ0) is 16.0. The lowest BCUT2D eigenvalue weighted by atomic mass is 10.2. The first-order chi connectivity index (χ1) is 9.88. The highest BCUT2D eigenvalue weighted by atomic mass is 79.9. The van der Waals surface area contributed by atoms with Crippen LogP contribution >= 0.6 is 31.9 Å². The van der Waals surface area contributed by atoms with E-state index in [1.807, 2.05) is 0 Å². The monoisotopic (exact) mass is 421 g/mol. The van der Waals surface area contributed by atoms with Crippen LogP contribution in [-0.2, 0) is 19.1 Å². The number of halogens is 2. The molecule has 1 amide bonds. The summed E-state index contributed by atoms with van der Waals surface area (Å²) in [7, 11) is 2.41. The lowest BCUT2D eigenvalue weighted by Crippen LogP contribution is -2.40. The Labute approximate surface area is 138 Å². The van der Waals surface area contributed by atoms with Crippen LogP contribution in [0.15, 0.2) is 27.1 Å². The molecule has 0 bridgehead atoms. The molecule has 8 heteroatoms.